The Labute approximate surface area is 156 Å². The minimum absolute atomic E-state index is 0.0917. The van der Waals surface area contributed by atoms with Gasteiger partial charge in [0.1, 0.15) is 4.21 Å². The maximum atomic E-state index is 11.6. The van der Waals surface area contributed by atoms with Gasteiger partial charge in [0.15, 0.2) is 0 Å². The van der Waals surface area contributed by atoms with Crippen LogP contribution < -0.4 is 15.8 Å². The number of nitrogens with zero attached hydrogens (tertiary/aromatic N) is 1. The number of nitrogens with one attached hydrogen (secondary N) is 2. The second-order valence-corrected chi connectivity index (χ2v) is 10.6. The summed E-state index contributed by atoms with van der Waals surface area (Å²) in [5, 5.41) is 11.7. The number of hydrogen-bond acceptors (Lipinski definition) is 7. The van der Waals surface area contributed by atoms with Gasteiger partial charge in [-0.05, 0) is 49.4 Å². The van der Waals surface area contributed by atoms with Crippen LogP contribution in [-0.2, 0) is 14.8 Å². The van der Waals surface area contributed by atoms with Crippen molar-refractivity contribution in [2.45, 2.75) is 40.6 Å². The van der Waals surface area contributed by atoms with Crippen molar-refractivity contribution < 1.29 is 13.2 Å². The van der Waals surface area contributed by atoms with Gasteiger partial charge >= 0.3 is 0 Å². The fraction of sp³-hybridized carbons (Fsp3) is 0.667. The average molecular weight is 405 g/mol. The van der Waals surface area contributed by atoms with Crippen LogP contribution in [0.5, 0.6) is 0 Å². The second kappa shape index (κ2) is 7.93. The van der Waals surface area contributed by atoms with Crippen LogP contribution in [0, 0.1) is 5.92 Å². The number of carbonyl (C=O) groups excluding carboxylic acids is 1. The lowest BCUT2D eigenvalue weighted by Gasteiger charge is -2.32. The highest BCUT2D eigenvalue weighted by Gasteiger charge is 2.31. The lowest BCUT2D eigenvalue weighted by Crippen LogP contribution is -2.36. The Morgan fingerprint density at radius 1 is 1.44 bits per heavy atom. The summed E-state index contributed by atoms with van der Waals surface area (Å²) in [7, 11) is -3.67. The number of hydrogen-bond donors (Lipinski definition) is 3. The number of sulfonamides is 1. The van der Waals surface area contributed by atoms with E-state index in [1.54, 1.807) is 18.0 Å². The SMILES string of the molecule is CCN[C@H]1CN(CCCNC(=O)C2CC2)Sc2sc(S(N)(=O)=O)cc21. The third-order valence-electron chi connectivity index (χ3n) is 4.24. The number of likely N-dealkylation sites (N-methyl/N-ethyl adjacent to an activating group) is 1. The van der Waals surface area contributed by atoms with E-state index >= 15 is 0 Å². The predicted octanol–water partition coefficient (Wildman–Crippen LogP) is 1.29. The van der Waals surface area contributed by atoms with Gasteiger partial charge in [-0.1, -0.05) is 6.92 Å². The van der Waals surface area contributed by atoms with Crippen molar-refractivity contribution in [3.63, 3.8) is 0 Å². The Morgan fingerprint density at radius 2 is 2.20 bits per heavy atom. The fourth-order valence-corrected chi connectivity index (χ4v) is 6.36. The van der Waals surface area contributed by atoms with E-state index in [0.29, 0.717) is 6.54 Å². The molecule has 1 saturated carbocycles. The Morgan fingerprint density at radius 3 is 2.84 bits per heavy atom. The molecule has 0 radical (unpaired) electrons. The molecule has 2 heterocycles. The van der Waals surface area contributed by atoms with E-state index in [2.05, 4.69) is 14.9 Å². The molecule has 0 aromatic carbocycles. The van der Waals surface area contributed by atoms with E-state index < -0.39 is 10.0 Å². The highest BCUT2D eigenvalue weighted by Crippen LogP contribution is 2.43. The standard InChI is InChI=1S/C15H24N4O3S3/c1-2-17-12-9-19(7-3-6-18-14(20)10-4-5-10)24-15-11(12)8-13(23-15)25(16,21)22/h8,10,12,17H,2-7,9H2,1H3,(H,18,20)(H2,16,21,22)/t12-/m0/s1. The first-order chi connectivity index (χ1) is 11.9. The molecule has 1 aromatic heterocycles. The van der Waals surface area contributed by atoms with E-state index in [-0.39, 0.29) is 22.1 Å². The number of rotatable bonds is 8. The van der Waals surface area contributed by atoms with Crippen molar-refractivity contribution in [2.75, 3.05) is 26.2 Å². The van der Waals surface area contributed by atoms with Crippen LogP contribution in [0.4, 0.5) is 0 Å². The molecule has 2 aliphatic rings. The fourth-order valence-electron chi connectivity index (χ4n) is 2.79. The van der Waals surface area contributed by atoms with E-state index in [9.17, 15) is 13.2 Å². The molecule has 0 saturated heterocycles. The molecule has 1 amide bonds. The Hall–Kier alpha value is -0.650. The van der Waals surface area contributed by atoms with Gasteiger partial charge in [-0.15, -0.1) is 11.3 Å². The van der Waals surface area contributed by atoms with Gasteiger partial charge in [0.2, 0.25) is 15.9 Å². The minimum Gasteiger partial charge on any atom is -0.356 e. The zero-order chi connectivity index (χ0) is 18.0. The molecular formula is C15H24N4O3S3. The zero-order valence-electron chi connectivity index (χ0n) is 14.2. The van der Waals surface area contributed by atoms with Crippen molar-refractivity contribution in [3.8, 4) is 0 Å². The van der Waals surface area contributed by atoms with Gasteiger partial charge in [0, 0.05) is 31.6 Å². The first kappa shape index (κ1) is 19.1. The molecule has 140 valence electrons. The number of carbonyl (C=O) groups is 1. The molecule has 7 nitrogen and oxygen atoms in total. The molecule has 1 aliphatic carbocycles. The third-order valence-corrected chi connectivity index (χ3v) is 8.07. The van der Waals surface area contributed by atoms with Crippen LogP contribution in [0.2, 0.25) is 0 Å². The van der Waals surface area contributed by atoms with E-state index in [0.717, 1.165) is 48.7 Å². The topological polar surface area (TPSA) is 105 Å². The molecule has 10 heteroatoms. The molecule has 0 spiro atoms. The van der Waals surface area contributed by atoms with Crippen LogP contribution in [0.1, 0.15) is 37.8 Å². The number of nitrogens with two attached hydrogens (primary N) is 1. The highest BCUT2D eigenvalue weighted by atomic mass is 32.3. The molecule has 1 aromatic rings. The minimum atomic E-state index is -3.67. The molecule has 1 atom stereocenters. The Bertz CT molecular complexity index is 730. The zero-order valence-corrected chi connectivity index (χ0v) is 16.6. The van der Waals surface area contributed by atoms with Gasteiger partial charge in [0.05, 0.1) is 4.21 Å². The van der Waals surface area contributed by atoms with Crippen molar-refractivity contribution in [3.05, 3.63) is 11.6 Å². The maximum Gasteiger partial charge on any atom is 0.247 e. The molecule has 3 rings (SSSR count). The number of primary sulfonamides is 1. The lowest BCUT2D eigenvalue weighted by molar-refractivity contribution is -0.122. The largest absolute Gasteiger partial charge is 0.356 e. The molecule has 1 fully saturated rings. The first-order valence-electron chi connectivity index (χ1n) is 8.49. The van der Waals surface area contributed by atoms with E-state index in [4.69, 9.17) is 5.14 Å². The normalized spacial score (nSPS) is 21.1. The van der Waals surface area contributed by atoms with E-state index in [1.807, 2.05) is 6.92 Å². The van der Waals surface area contributed by atoms with Gasteiger partial charge < -0.3 is 10.6 Å². The first-order valence-corrected chi connectivity index (χ1v) is 11.6. The molecule has 0 unspecified atom stereocenters. The van der Waals surface area contributed by atoms with Crippen molar-refractivity contribution >= 4 is 39.2 Å². The van der Waals surface area contributed by atoms with Crippen LogP contribution in [0.15, 0.2) is 14.5 Å². The van der Waals surface area contributed by atoms with Crippen LogP contribution in [0.3, 0.4) is 0 Å². The Kier molecular flexibility index (Phi) is 6.07. The van der Waals surface area contributed by atoms with E-state index in [1.165, 1.54) is 11.3 Å². The molecule has 4 N–H and O–H groups in total. The van der Waals surface area contributed by atoms with Gasteiger partial charge in [-0.2, -0.15) is 0 Å². The summed E-state index contributed by atoms with van der Waals surface area (Å²) in [5.41, 5.74) is 1.01. The number of thiophene rings is 1. The molecular weight excluding hydrogens is 380 g/mol. The maximum absolute atomic E-state index is 11.6. The van der Waals surface area contributed by atoms with Crippen LogP contribution in [-0.4, -0.2) is 44.8 Å². The second-order valence-electron chi connectivity index (χ2n) is 6.36. The van der Waals surface area contributed by atoms with Gasteiger partial charge in [-0.3, -0.25) is 4.79 Å². The van der Waals surface area contributed by atoms with Crippen molar-refractivity contribution in [1.29, 1.82) is 0 Å². The Balaban J connectivity index is 1.59. The van der Waals surface area contributed by atoms with Gasteiger partial charge in [0.25, 0.3) is 0 Å². The van der Waals surface area contributed by atoms with Gasteiger partial charge in [-0.25, -0.2) is 17.9 Å². The summed E-state index contributed by atoms with van der Waals surface area (Å²) in [5.74, 6) is 0.419. The summed E-state index contributed by atoms with van der Waals surface area (Å²) in [6.45, 7) is 5.15. The number of amides is 1. The number of fused-ring (bicyclic) bond motifs is 1. The molecule has 0 bridgehead atoms. The van der Waals surface area contributed by atoms with Crippen LogP contribution in [0.25, 0.3) is 0 Å². The highest BCUT2D eigenvalue weighted by molar-refractivity contribution is 7.99. The lowest BCUT2D eigenvalue weighted by atomic mass is 10.1. The monoisotopic (exact) mass is 404 g/mol. The van der Waals surface area contributed by atoms with Crippen molar-refractivity contribution in [1.82, 2.24) is 14.9 Å². The molecule has 1 aliphatic heterocycles. The predicted molar refractivity (Wildman–Crippen MR) is 99.9 cm³/mol. The summed E-state index contributed by atoms with van der Waals surface area (Å²) in [6.07, 6.45) is 2.91. The molecule has 25 heavy (non-hydrogen) atoms. The smallest absolute Gasteiger partial charge is 0.247 e. The average Bonchev–Trinajstić information content (AvgIpc) is 3.29. The summed E-state index contributed by atoms with van der Waals surface area (Å²) in [6, 6.07) is 1.79. The summed E-state index contributed by atoms with van der Waals surface area (Å²) >= 11 is 2.81. The summed E-state index contributed by atoms with van der Waals surface area (Å²) in [4.78, 5) is 11.6. The van der Waals surface area contributed by atoms with Crippen molar-refractivity contribution in [2.24, 2.45) is 11.1 Å². The summed E-state index contributed by atoms with van der Waals surface area (Å²) < 4.78 is 26.7. The third kappa shape index (κ3) is 4.95. The quantitative estimate of drug-likeness (QED) is 0.445. The van der Waals surface area contributed by atoms with Crippen LogP contribution >= 0.6 is 23.3 Å².